The Morgan fingerprint density at radius 1 is 1.35 bits per heavy atom. The van der Waals surface area contributed by atoms with Crippen LogP contribution in [0.5, 0.6) is 0 Å². The maximum Gasteiger partial charge on any atom is 0.191 e. The number of rotatable bonds is 7. The number of thioether (sulfide) groups is 1. The van der Waals surface area contributed by atoms with E-state index in [2.05, 4.69) is 26.7 Å². The second-order valence-electron chi connectivity index (χ2n) is 5.92. The van der Waals surface area contributed by atoms with Crippen molar-refractivity contribution < 1.29 is 9.15 Å². The minimum Gasteiger partial charge on any atom is -0.472 e. The monoisotopic (exact) mass is 336 g/mol. The molecule has 1 aliphatic heterocycles. The minimum absolute atomic E-state index is 0.505. The number of hydrogen-bond acceptors (Lipinski definition) is 6. The molecule has 1 aliphatic rings. The summed E-state index contributed by atoms with van der Waals surface area (Å²) < 4.78 is 12.4. The SMILES string of the molecule is COCCSc1nnc(C2CCN(Cc3ccoc3)CC2)n1C. The van der Waals surface area contributed by atoms with Gasteiger partial charge in [0.1, 0.15) is 5.82 Å². The molecule has 0 radical (unpaired) electrons. The zero-order valence-electron chi connectivity index (χ0n) is 13.8. The summed E-state index contributed by atoms with van der Waals surface area (Å²) in [5, 5.41) is 9.76. The van der Waals surface area contributed by atoms with Gasteiger partial charge in [0.25, 0.3) is 0 Å². The van der Waals surface area contributed by atoms with Crippen LogP contribution < -0.4 is 0 Å². The maximum absolute atomic E-state index is 5.15. The van der Waals surface area contributed by atoms with E-state index in [9.17, 15) is 0 Å². The Kier molecular flexibility index (Phi) is 5.75. The van der Waals surface area contributed by atoms with Crippen LogP contribution in [0.3, 0.4) is 0 Å². The van der Waals surface area contributed by atoms with Crippen molar-refractivity contribution in [1.82, 2.24) is 19.7 Å². The third-order valence-corrected chi connectivity index (χ3v) is 5.31. The molecule has 7 heteroatoms. The molecule has 2 aromatic rings. The Morgan fingerprint density at radius 3 is 2.87 bits per heavy atom. The lowest BCUT2D eigenvalue weighted by Gasteiger charge is -2.31. The summed E-state index contributed by atoms with van der Waals surface area (Å²) >= 11 is 1.70. The molecule has 0 saturated carbocycles. The molecular weight excluding hydrogens is 312 g/mol. The van der Waals surface area contributed by atoms with Crippen LogP contribution in [0, 0.1) is 0 Å². The van der Waals surface area contributed by atoms with Gasteiger partial charge in [-0.05, 0) is 32.0 Å². The predicted molar refractivity (Wildman–Crippen MR) is 89.6 cm³/mol. The van der Waals surface area contributed by atoms with E-state index in [1.54, 1.807) is 25.1 Å². The van der Waals surface area contributed by atoms with Crippen LogP contribution in [0.1, 0.15) is 30.1 Å². The van der Waals surface area contributed by atoms with Gasteiger partial charge in [0.05, 0.1) is 19.1 Å². The Morgan fingerprint density at radius 2 is 2.17 bits per heavy atom. The molecule has 6 nitrogen and oxygen atoms in total. The van der Waals surface area contributed by atoms with Crippen molar-refractivity contribution in [2.24, 2.45) is 7.05 Å². The number of furan rings is 1. The smallest absolute Gasteiger partial charge is 0.191 e. The summed E-state index contributed by atoms with van der Waals surface area (Å²) in [6.07, 6.45) is 5.84. The summed E-state index contributed by atoms with van der Waals surface area (Å²) in [6.45, 7) is 3.89. The molecule has 2 aromatic heterocycles. The van der Waals surface area contributed by atoms with Crippen molar-refractivity contribution in [2.45, 2.75) is 30.5 Å². The molecule has 0 spiro atoms. The first-order valence-electron chi connectivity index (χ1n) is 8.02. The molecule has 0 aliphatic carbocycles. The number of ether oxygens (including phenoxy) is 1. The van der Waals surface area contributed by atoms with Crippen molar-refractivity contribution in [1.29, 1.82) is 0 Å². The number of likely N-dealkylation sites (tertiary alicyclic amines) is 1. The van der Waals surface area contributed by atoms with Gasteiger partial charge in [-0.15, -0.1) is 10.2 Å². The van der Waals surface area contributed by atoms with Crippen LogP contribution in [0.25, 0.3) is 0 Å². The number of aromatic nitrogens is 3. The lowest BCUT2D eigenvalue weighted by Crippen LogP contribution is -2.33. The van der Waals surface area contributed by atoms with E-state index in [1.807, 2.05) is 12.3 Å². The summed E-state index contributed by atoms with van der Waals surface area (Å²) in [6, 6.07) is 2.04. The highest BCUT2D eigenvalue weighted by atomic mass is 32.2. The van der Waals surface area contributed by atoms with Crippen molar-refractivity contribution in [3.8, 4) is 0 Å². The molecule has 0 amide bonds. The molecule has 1 fully saturated rings. The lowest BCUT2D eigenvalue weighted by atomic mass is 9.96. The van der Waals surface area contributed by atoms with E-state index in [0.717, 1.165) is 55.8 Å². The van der Waals surface area contributed by atoms with Crippen LogP contribution >= 0.6 is 11.8 Å². The van der Waals surface area contributed by atoms with Gasteiger partial charge in [-0.1, -0.05) is 11.8 Å². The van der Waals surface area contributed by atoms with E-state index in [4.69, 9.17) is 9.15 Å². The highest BCUT2D eigenvalue weighted by molar-refractivity contribution is 7.99. The fraction of sp³-hybridized carbons (Fsp3) is 0.625. The van der Waals surface area contributed by atoms with Gasteiger partial charge in [-0.2, -0.15) is 0 Å². The summed E-state index contributed by atoms with van der Waals surface area (Å²) in [7, 11) is 3.79. The zero-order chi connectivity index (χ0) is 16.1. The molecule has 3 rings (SSSR count). The Labute approximate surface area is 141 Å². The van der Waals surface area contributed by atoms with Crippen molar-refractivity contribution in [3.05, 3.63) is 30.0 Å². The molecule has 0 atom stereocenters. The lowest BCUT2D eigenvalue weighted by molar-refractivity contribution is 0.200. The fourth-order valence-electron chi connectivity index (χ4n) is 3.01. The Balaban J connectivity index is 1.53. The average Bonchev–Trinajstić information content (AvgIpc) is 3.19. The third-order valence-electron chi connectivity index (χ3n) is 4.33. The van der Waals surface area contributed by atoms with Crippen LogP contribution in [0.2, 0.25) is 0 Å². The van der Waals surface area contributed by atoms with Gasteiger partial charge in [0, 0.05) is 37.9 Å². The number of hydrogen-bond donors (Lipinski definition) is 0. The quantitative estimate of drug-likeness (QED) is 0.572. The second kappa shape index (κ2) is 7.99. The zero-order valence-corrected chi connectivity index (χ0v) is 14.6. The van der Waals surface area contributed by atoms with Crippen LogP contribution in [0.4, 0.5) is 0 Å². The van der Waals surface area contributed by atoms with Gasteiger partial charge < -0.3 is 13.7 Å². The van der Waals surface area contributed by atoms with Gasteiger partial charge in [-0.3, -0.25) is 4.90 Å². The van der Waals surface area contributed by atoms with Crippen molar-refractivity contribution in [2.75, 3.05) is 32.6 Å². The topological polar surface area (TPSA) is 56.3 Å². The average molecular weight is 336 g/mol. The molecule has 0 aromatic carbocycles. The van der Waals surface area contributed by atoms with Crippen LogP contribution in [-0.2, 0) is 18.3 Å². The van der Waals surface area contributed by atoms with E-state index >= 15 is 0 Å². The normalized spacial score (nSPS) is 17.0. The molecular formula is C16H24N4O2S. The second-order valence-corrected chi connectivity index (χ2v) is 6.99. The van der Waals surface area contributed by atoms with E-state index in [0.29, 0.717) is 5.92 Å². The number of piperidine rings is 1. The van der Waals surface area contributed by atoms with Crippen LogP contribution in [0.15, 0.2) is 28.2 Å². The molecule has 23 heavy (non-hydrogen) atoms. The highest BCUT2D eigenvalue weighted by Gasteiger charge is 2.25. The predicted octanol–water partition coefficient (Wildman–Crippen LogP) is 2.53. The third kappa shape index (κ3) is 4.16. The van der Waals surface area contributed by atoms with E-state index in [1.165, 1.54) is 5.56 Å². The minimum atomic E-state index is 0.505. The van der Waals surface area contributed by atoms with E-state index < -0.39 is 0 Å². The van der Waals surface area contributed by atoms with Crippen molar-refractivity contribution in [3.63, 3.8) is 0 Å². The molecule has 0 N–H and O–H groups in total. The van der Waals surface area contributed by atoms with Crippen LogP contribution in [-0.4, -0.2) is 52.2 Å². The fourth-order valence-corrected chi connectivity index (χ4v) is 3.83. The number of nitrogens with zero attached hydrogens (tertiary/aromatic N) is 4. The Bertz CT molecular complexity index is 591. The summed E-state index contributed by atoms with van der Waals surface area (Å²) in [4.78, 5) is 2.48. The first kappa shape index (κ1) is 16.5. The Hall–Kier alpha value is -1.31. The molecule has 126 valence electrons. The van der Waals surface area contributed by atoms with Gasteiger partial charge >= 0.3 is 0 Å². The first-order valence-corrected chi connectivity index (χ1v) is 9.01. The van der Waals surface area contributed by atoms with Gasteiger partial charge in [0.2, 0.25) is 0 Å². The number of methoxy groups -OCH3 is 1. The standard InChI is InChI=1S/C16H24N4O2S/c1-19-15(17-18-16(19)23-10-9-21-2)14-3-6-20(7-4-14)11-13-5-8-22-12-13/h5,8,12,14H,3-4,6-7,9-11H2,1-2H3. The molecule has 0 bridgehead atoms. The summed E-state index contributed by atoms with van der Waals surface area (Å²) in [5.74, 6) is 2.53. The maximum atomic E-state index is 5.15. The van der Waals surface area contributed by atoms with E-state index in [-0.39, 0.29) is 0 Å². The molecule has 3 heterocycles. The van der Waals surface area contributed by atoms with Gasteiger partial charge in [-0.25, -0.2) is 0 Å². The largest absolute Gasteiger partial charge is 0.472 e. The first-order chi connectivity index (χ1) is 11.3. The highest BCUT2D eigenvalue weighted by Crippen LogP contribution is 2.29. The molecule has 1 saturated heterocycles. The van der Waals surface area contributed by atoms with Crippen molar-refractivity contribution >= 4 is 11.8 Å². The summed E-state index contributed by atoms with van der Waals surface area (Å²) in [5.41, 5.74) is 1.25. The van der Waals surface area contributed by atoms with Gasteiger partial charge in [0.15, 0.2) is 5.16 Å². The molecule has 0 unspecified atom stereocenters.